The predicted octanol–water partition coefficient (Wildman–Crippen LogP) is -1.22. The van der Waals surface area contributed by atoms with Crippen LogP contribution in [0.25, 0.3) is 0 Å². The van der Waals surface area contributed by atoms with Crippen molar-refractivity contribution >= 4 is 39.7 Å². The van der Waals surface area contributed by atoms with E-state index in [-0.39, 0.29) is 25.7 Å². The summed E-state index contributed by atoms with van der Waals surface area (Å²) in [6, 6.07) is -0.530. The number of methoxy groups -OCH3 is 1. The Morgan fingerprint density at radius 1 is 1.14 bits per heavy atom. The molecule has 0 bridgehead atoms. The Bertz CT molecular complexity index is 881. The van der Waals surface area contributed by atoms with Crippen LogP contribution in [-0.4, -0.2) is 76.3 Å². The number of esters is 1. The number of carbonyl (C=O) groups is 5. The van der Waals surface area contributed by atoms with Gasteiger partial charge in [-0.3, -0.25) is 33.5 Å². The van der Waals surface area contributed by atoms with Crippen molar-refractivity contribution in [2.24, 2.45) is 0 Å². The second-order valence-electron chi connectivity index (χ2n) is 6.91. The van der Waals surface area contributed by atoms with E-state index < -0.39 is 63.0 Å². The van der Waals surface area contributed by atoms with Gasteiger partial charge in [0, 0.05) is 18.2 Å². The van der Waals surface area contributed by atoms with Gasteiger partial charge in [0.1, 0.15) is 5.54 Å². The first kappa shape index (κ1) is 20.1. The van der Waals surface area contributed by atoms with Crippen LogP contribution in [0.15, 0.2) is 12.2 Å². The quantitative estimate of drug-likeness (QED) is 0.338. The minimum absolute atomic E-state index is 0.113. The largest absolute Gasteiger partial charge is 0.467 e. The molecule has 0 radical (unpaired) electrons. The molecule has 4 amide bonds. The van der Waals surface area contributed by atoms with Gasteiger partial charge < -0.3 is 4.74 Å². The predicted molar refractivity (Wildman–Crippen MR) is 89.8 cm³/mol. The van der Waals surface area contributed by atoms with Crippen molar-refractivity contribution in [2.75, 3.05) is 7.11 Å². The second-order valence-corrected chi connectivity index (χ2v) is 8.51. The Morgan fingerprint density at radius 2 is 1.68 bits per heavy atom. The third kappa shape index (κ3) is 3.02. The Labute approximate surface area is 160 Å². The maximum absolute atomic E-state index is 12.6. The first-order valence-electron chi connectivity index (χ1n) is 8.50. The van der Waals surface area contributed by atoms with Crippen LogP contribution in [-0.2, 0) is 38.8 Å². The van der Waals surface area contributed by atoms with Gasteiger partial charge in [-0.25, -0.2) is 4.79 Å². The molecule has 152 valence electrons. The highest BCUT2D eigenvalue weighted by molar-refractivity contribution is 7.87. The summed E-state index contributed by atoms with van der Waals surface area (Å²) in [5.41, 5.74) is -1.75. The Morgan fingerprint density at radius 3 is 2.11 bits per heavy atom. The molecule has 3 aliphatic rings. The van der Waals surface area contributed by atoms with E-state index in [4.69, 9.17) is 4.74 Å². The Balaban J connectivity index is 1.89. The zero-order chi connectivity index (χ0) is 20.9. The first-order chi connectivity index (χ1) is 13.0. The number of ether oxygens (including phenoxy) is 1. The molecule has 1 saturated carbocycles. The van der Waals surface area contributed by atoms with Crippen LogP contribution in [0.4, 0.5) is 0 Å². The van der Waals surface area contributed by atoms with Gasteiger partial charge >= 0.3 is 5.97 Å². The molecule has 1 unspecified atom stereocenters. The highest BCUT2D eigenvalue weighted by Crippen LogP contribution is 2.40. The number of nitrogens with zero attached hydrogens (tertiary/aromatic N) is 2. The molecular formula is C16H18N2O9S. The van der Waals surface area contributed by atoms with Gasteiger partial charge in [0.25, 0.3) is 27.8 Å². The van der Waals surface area contributed by atoms with Gasteiger partial charge in [0.2, 0.25) is 5.91 Å². The molecule has 28 heavy (non-hydrogen) atoms. The Hall–Kier alpha value is -2.60. The minimum Gasteiger partial charge on any atom is -0.467 e. The summed E-state index contributed by atoms with van der Waals surface area (Å²) in [5, 5.41) is -1.97. The smallest absolute Gasteiger partial charge is 0.332 e. The molecule has 12 heteroatoms. The average Bonchev–Trinajstić information content (AvgIpc) is 3.13. The summed E-state index contributed by atoms with van der Waals surface area (Å²) >= 11 is 0. The Kier molecular flexibility index (Phi) is 4.88. The third-order valence-corrected chi connectivity index (χ3v) is 6.54. The maximum atomic E-state index is 12.6. The molecule has 0 aromatic carbocycles. The van der Waals surface area contributed by atoms with Crippen molar-refractivity contribution < 1.29 is 41.7 Å². The van der Waals surface area contributed by atoms with Gasteiger partial charge in [-0.05, 0) is 25.7 Å². The monoisotopic (exact) mass is 414 g/mol. The van der Waals surface area contributed by atoms with Gasteiger partial charge in [-0.2, -0.15) is 8.42 Å². The second kappa shape index (κ2) is 6.78. The SMILES string of the molecule is COC(=O)C1(N2C(=O)CC(S(=O)(=O)O)C2=O)CCC(N2C(=O)C=CC2=O)CC1. The number of imide groups is 2. The van der Waals surface area contributed by atoms with E-state index in [9.17, 15) is 36.9 Å². The van der Waals surface area contributed by atoms with Gasteiger partial charge in [-0.15, -0.1) is 0 Å². The molecule has 0 spiro atoms. The molecule has 1 saturated heterocycles. The number of carbonyl (C=O) groups excluding carboxylic acids is 5. The maximum Gasteiger partial charge on any atom is 0.332 e. The highest BCUT2D eigenvalue weighted by Gasteiger charge is 2.59. The lowest BCUT2D eigenvalue weighted by Crippen LogP contribution is -2.61. The molecule has 0 aromatic rings. The fraction of sp³-hybridized carbons (Fsp3) is 0.562. The van der Waals surface area contributed by atoms with Crippen LogP contribution < -0.4 is 0 Å². The first-order valence-corrected chi connectivity index (χ1v) is 10.00. The topological polar surface area (TPSA) is 155 Å². The number of amides is 4. The van der Waals surface area contributed by atoms with Gasteiger partial charge in [0.15, 0.2) is 5.25 Å². The van der Waals surface area contributed by atoms with Crippen molar-refractivity contribution in [3.05, 3.63) is 12.2 Å². The number of likely N-dealkylation sites (tertiary alicyclic amines) is 1. The average molecular weight is 414 g/mol. The summed E-state index contributed by atoms with van der Waals surface area (Å²) in [5.74, 6) is -3.97. The summed E-state index contributed by atoms with van der Waals surface area (Å²) in [6.07, 6.45) is 1.49. The van der Waals surface area contributed by atoms with E-state index in [0.717, 1.165) is 24.2 Å². The lowest BCUT2D eigenvalue weighted by Gasteiger charge is -2.44. The van der Waals surface area contributed by atoms with Crippen LogP contribution in [0.3, 0.4) is 0 Å². The summed E-state index contributed by atoms with van der Waals surface area (Å²) < 4.78 is 36.8. The highest BCUT2D eigenvalue weighted by atomic mass is 32.2. The van der Waals surface area contributed by atoms with Crippen molar-refractivity contribution in [3.63, 3.8) is 0 Å². The van der Waals surface area contributed by atoms with Gasteiger partial charge in [0.05, 0.1) is 13.5 Å². The number of hydrogen-bond donors (Lipinski definition) is 1. The van der Waals surface area contributed by atoms with Crippen LogP contribution in [0.1, 0.15) is 32.1 Å². The zero-order valence-corrected chi connectivity index (χ0v) is 15.7. The molecule has 1 aliphatic carbocycles. The van der Waals surface area contributed by atoms with Crippen molar-refractivity contribution in [3.8, 4) is 0 Å². The minimum atomic E-state index is -4.82. The molecule has 2 heterocycles. The van der Waals surface area contributed by atoms with Crippen LogP contribution in [0.2, 0.25) is 0 Å². The third-order valence-electron chi connectivity index (χ3n) is 5.45. The van der Waals surface area contributed by atoms with Crippen molar-refractivity contribution in [2.45, 2.75) is 48.9 Å². The molecule has 3 rings (SSSR count). The summed E-state index contributed by atoms with van der Waals surface area (Å²) in [7, 11) is -3.76. The molecule has 0 aromatic heterocycles. The normalized spacial score (nSPS) is 31.1. The van der Waals surface area contributed by atoms with E-state index >= 15 is 0 Å². The zero-order valence-electron chi connectivity index (χ0n) is 14.9. The number of rotatable bonds is 4. The fourth-order valence-electron chi connectivity index (χ4n) is 4.11. The van der Waals surface area contributed by atoms with Gasteiger partial charge in [-0.1, -0.05) is 0 Å². The molecule has 11 nitrogen and oxygen atoms in total. The van der Waals surface area contributed by atoms with E-state index in [1.807, 2.05) is 0 Å². The lowest BCUT2D eigenvalue weighted by atomic mass is 9.77. The molecule has 1 N–H and O–H groups in total. The standard InChI is InChI=1S/C16H18N2O9S/c1-27-15(23)16(18-13(21)8-10(14(18)22)28(24,25)26)6-4-9(5-7-16)17-11(19)2-3-12(17)20/h2-3,9-10H,4-8H2,1H3,(H,24,25,26). The van der Waals surface area contributed by atoms with Crippen LogP contribution in [0, 0.1) is 0 Å². The molecular weight excluding hydrogens is 396 g/mol. The summed E-state index contributed by atoms with van der Waals surface area (Å²) in [4.78, 5) is 62.8. The van der Waals surface area contributed by atoms with E-state index in [0.29, 0.717) is 4.90 Å². The molecule has 1 atom stereocenters. The fourth-order valence-corrected chi connectivity index (χ4v) is 4.82. The van der Waals surface area contributed by atoms with Crippen molar-refractivity contribution in [1.82, 2.24) is 9.80 Å². The van der Waals surface area contributed by atoms with Crippen molar-refractivity contribution in [1.29, 1.82) is 0 Å². The molecule has 2 aliphatic heterocycles. The van der Waals surface area contributed by atoms with E-state index in [1.54, 1.807) is 0 Å². The lowest BCUT2D eigenvalue weighted by molar-refractivity contribution is -0.169. The molecule has 2 fully saturated rings. The van der Waals surface area contributed by atoms with Crippen LogP contribution in [0.5, 0.6) is 0 Å². The van der Waals surface area contributed by atoms with E-state index in [2.05, 4.69) is 0 Å². The van der Waals surface area contributed by atoms with Crippen LogP contribution >= 0.6 is 0 Å². The number of hydrogen-bond acceptors (Lipinski definition) is 8. The summed E-state index contributed by atoms with van der Waals surface area (Å²) in [6.45, 7) is 0. The van der Waals surface area contributed by atoms with E-state index in [1.165, 1.54) is 0 Å².